The molecule has 0 aliphatic carbocycles. The van der Waals surface area contributed by atoms with Crippen LogP contribution in [0.1, 0.15) is 43.0 Å². The quantitative estimate of drug-likeness (QED) is 0.884. The number of halogens is 2. The number of hydrogen-bond donors (Lipinski definition) is 1. The third-order valence-electron chi connectivity index (χ3n) is 3.04. The average molecular weight is 281 g/mol. The van der Waals surface area contributed by atoms with E-state index in [1.807, 2.05) is 0 Å². The van der Waals surface area contributed by atoms with Gasteiger partial charge in [-0.3, -0.25) is 0 Å². The fourth-order valence-corrected chi connectivity index (χ4v) is 2.09. The first-order chi connectivity index (χ1) is 9.62. The smallest absolute Gasteiger partial charge is 0.231 e. The Morgan fingerprint density at radius 3 is 2.55 bits per heavy atom. The lowest BCUT2D eigenvalue weighted by molar-refractivity contribution is 0.344. The van der Waals surface area contributed by atoms with E-state index in [2.05, 4.69) is 17.1 Å². The molecule has 4 nitrogen and oxygen atoms in total. The molecule has 2 rings (SSSR count). The maximum atomic E-state index is 13.1. The van der Waals surface area contributed by atoms with E-state index in [1.54, 1.807) is 0 Å². The summed E-state index contributed by atoms with van der Waals surface area (Å²) < 4.78 is 31.4. The minimum absolute atomic E-state index is 0.0329. The van der Waals surface area contributed by atoms with Gasteiger partial charge in [-0.2, -0.15) is 4.98 Å². The van der Waals surface area contributed by atoms with E-state index in [0.29, 0.717) is 23.8 Å². The van der Waals surface area contributed by atoms with Gasteiger partial charge in [-0.15, -0.1) is 0 Å². The van der Waals surface area contributed by atoms with Gasteiger partial charge in [0, 0.05) is 19.0 Å². The van der Waals surface area contributed by atoms with Crippen LogP contribution >= 0.6 is 0 Å². The molecule has 0 bridgehead atoms. The van der Waals surface area contributed by atoms with Crippen molar-refractivity contribution in [1.29, 1.82) is 0 Å². The molecule has 1 atom stereocenters. The highest BCUT2D eigenvalue weighted by Crippen LogP contribution is 2.19. The van der Waals surface area contributed by atoms with Crippen LogP contribution in [0, 0.1) is 11.6 Å². The first-order valence-corrected chi connectivity index (χ1v) is 6.60. The number of aromatic nitrogens is 2. The molecular weight excluding hydrogens is 264 g/mol. The Bertz CT molecular complexity index is 551. The summed E-state index contributed by atoms with van der Waals surface area (Å²) in [6.07, 6.45) is 2.06. The molecule has 1 aromatic heterocycles. The van der Waals surface area contributed by atoms with Crippen molar-refractivity contribution < 1.29 is 13.3 Å². The van der Waals surface area contributed by atoms with Gasteiger partial charge in [-0.05, 0) is 24.1 Å². The molecule has 0 radical (unpaired) electrons. The summed E-state index contributed by atoms with van der Waals surface area (Å²) in [7, 11) is 0. The molecule has 2 aromatic rings. The Kier molecular flexibility index (Phi) is 4.79. The van der Waals surface area contributed by atoms with Crippen LogP contribution in [0.25, 0.3) is 0 Å². The first kappa shape index (κ1) is 14.6. The molecule has 0 fully saturated rings. The standard InChI is InChI=1S/C14H17F2N3O/c1-2-3-10(8-17)14-18-13(19-20-14)6-9-4-11(15)7-12(16)5-9/h4-5,7,10H,2-3,6,8,17H2,1H3. The summed E-state index contributed by atoms with van der Waals surface area (Å²) in [4.78, 5) is 4.25. The Hall–Kier alpha value is -1.82. The number of nitrogens with zero attached hydrogens (tertiary/aromatic N) is 2. The van der Waals surface area contributed by atoms with E-state index < -0.39 is 11.6 Å². The van der Waals surface area contributed by atoms with E-state index in [0.717, 1.165) is 18.9 Å². The molecule has 0 saturated heterocycles. The zero-order valence-corrected chi connectivity index (χ0v) is 11.3. The van der Waals surface area contributed by atoms with Crippen molar-refractivity contribution in [3.63, 3.8) is 0 Å². The predicted molar refractivity (Wildman–Crippen MR) is 70.2 cm³/mol. The van der Waals surface area contributed by atoms with Crippen molar-refractivity contribution in [2.24, 2.45) is 5.73 Å². The number of benzene rings is 1. The lowest BCUT2D eigenvalue weighted by Gasteiger charge is -2.06. The maximum absolute atomic E-state index is 13.1. The third-order valence-corrected chi connectivity index (χ3v) is 3.04. The molecule has 0 amide bonds. The molecule has 1 unspecified atom stereocenters. The van der Waals surface area contributed by atoms with E-state index in [4.69, 9.17) is 10.3 Å². The number of hydrogen-bond acceptors (Lipinski definition) is 4. The Balaban J connectivity index is 2.12. The number of nitrogens with two attached hydrogens (primary N) is 1. The van der Waals surface area contributed by atoms with Crippen LogP contribution < -0.4 is 5.73 Å². The summed E-state index contributed by atoms with van der Waals surface area (Å²) in [5.74, 6) is -0.310. The van der Waals surface area contributed by atoms with Gasteiger partial charge in [0.2, 0.25) is 5.89 Å². The molecule has 6 heteroatoms. The van der Waals surface area contributed by atoms with Crippen molar-refractivity contribution in [2.45, 2.75) is 32.1 Å². The highest BCUT2D eigenvalue weighted by molar-refractivity contribution is 5.21. The van der Waals surface area contributed by atoms with Crippen molar-refractivity contribution in [3.8, 4) is 0 Å². The van der Waals surface area contributed by atoms with Gasteiger partial charge in [-0.25, -0.2) is 8.78 Å². The molecular formula is C14H17F2N3O. The molecule has 2 N–H and O–H groups in total. The highest BCUT2D eigenvalue weighted by atomic mass is 19.1. The van der Waals surface area contributed by atoms with Crippen LogP contribution in [-0.2, 0) is 6.42 Å². The Morgan fingerprint density at radius 2 is 1.95 bits per heavy atom. The monoisotopic (exact) mass is 281 g/mol. The van der Waals surface area contributed by atoms with Crippen molar-refractivity contribution in [2.75, 3.05) is 6.54 Å². The van der Waals surface area contributed by atoms with E-state index in [1.165, 1.54) is 12.1 Å². The fourth-order valence-electron chi connectivity index (χ4n) is 2.09. The van der Waals surface area contributed by atoms with Gasteiger partial charge in [0.15, 0.2) is 5.82 Å². The lowest BCUT2D eigenvalue weighted by atomic mass is 10.0. The van der Waals surface area contributed by atoms with Crippen LogP contribution in [0.3, 0.4) is 0 Å². The summed E-state index contributed by atoms with van der Waals surface area (Å²) >= 11 is 0. The van der Waals surface area contributed by atoms with Gasteiger partial charge in [-0.1, -0.05) is 18.5 Å². The molecule has 20 heavy (non-hydrogen) atoms. The van der Waals surface area contributed by atoms with Gasteiger partial charge < -0.3 is 10.3 Å². The van der Waals surface area contributed by atoms with Gasteiger partial charge >= 0.3 is 0 Å². The van der Waals surface area contributed by atoms with E-state index in [-0.39, 0.29) is 12.3 Å². The van der Waals surface area contributed by atoms with Crippen LogP contribution in [-0.4, -0.2) is 16.7 Å². The van der Waals surface area contributed by atoms with Crippen molar-refractivity contribution in [3.05, 3.63) is 47.1 Å². The van der Waals surface area contributed by atoms with Crippen LogP contribution in [0.2, 0.25) is 0 Å². The molecule has 0 aliphatic heterocycles. The third kappa shape index (κ3) is 3.60. The van der Waals surface area contributed by atoms with E-state index >= 15 is 0 Å². The summed E-state index contributed by atoms with van der Waals surface area (Å²) in [5.41, 5.74) is 6.13. The summed E-state index contributed by atoms with van der Waals surface area (Å²) in [6.45, 7) is 2.49. The molecule has 0 aliphatic rings. The second kappa shape index (κ2) is 6.56. The van der Waals surface area contributed by atoms with Gasteiger partial charge in [0.25, 0.3) is 0 Å². The number of rotatable bonds is 6. The average Bonchev–Trinajstić information content (AvgIpc) is 2.83. The van der Waals surface area contributed by atoms with Crippen LogP contribution in [0.15, 0.2) is 22.7 Å². The Labute approximate surface area is 116 Å². The van der Waals surface area contributed by atoms with Crippen LogP contribution in [0.4, 0.5) is 8.78 Å². The van der Waals surface area contributed by atoms with E-state index in [9.17, 15) is 8.78 Å². The summed E-state index contributed by atoms with van der Waals surface area (Å²) in [5, 5.41) is 3.84. The normalized spacial score (nSPS) is 12.6. The largest absolute Gasteiger partial charge is 0.339 e. The maximum Gasteiger partial charge on any atom is 0.231 e. The molecule has 0 spiro atoms. The van der Waals surface area contributed by atoms with Crippen molar-refractivity contribution in [1.82, 2.24) is 10.1 Å². The highest BCUT2D eigenvalue weighted by Gasteiger charge is 2.17. The Morgan fingerprint density at radius 1 is 1.25 bits per heavy atom. The van der Waals surface area contributed by atoms with Crippen LogP contribution in [0.5, 0.6) is 0 Å². The zero-order valence-electron chi connectivity index (χ0n) is 11.3. The predicted octanol–water partition coefficient (Wildman–Crippen LogP) is 2.78. The zero-order chi connectivity index (χ0) is 14.5. The minimum Gasteiger partial charge on any atom is -0.339 e. The minimum atomic E-state index is -0.616. The van der Waals surface area contributed by atoms with Gasteiger partial charge in [0.1, 0.15) is 11.6 Å². The molecule has 1 heterocycles. The fraction of sp³-hybridized carbons (Fsp3) is 0.429. The molecule has 1 aromatic carbocycles. The topological polar surface area (TPSA) is 64.9 Å². The summed E-state index contributed by atoms with van der Waals surface area (Å²) in [6, 6.07) is 3.34. The molecule has 108 valence electrons. The second-order valence-corrected chi connectivity index (χ2v) is 4.72. The molecule has 0 saturated carbocycles. The second-order valence-electron chi connectivity index (χ2n) is 4.72. The SMILES string of the molecule is CCCC(CN)c1nc(Cc2cc(F)cc(F)c2)no1. The van der Waals surface area contributed by atoms with Crippen molar-refractivity contribution >= 4 is 0 Å². The lowest BCUT2D eigenvalue weighted by Crippen LogP contribution is -2.12. The first-order valence-electron chi connectivity index (χ1n) is 6.60. The van der Waals surface area contributed by atoms with Gasteiger partial charge in [0.05, 0.1) is 5.92 Å².